The van der Waals surface area contributed by atoms with Gasteiger partial charge in [-0.2, -0.15) is 5.26 Å². The summed E-state index contributed by atoms with van der Waals surface area (Å²) >= 11 is 0. The van der Waals surface area contributed by atoms with E-state index in [4.69, 9.17) is 9.97 Å². The van der Waals surface area contributed by atoms with Gasteiger partial charge in [0.15, 0.2) is 11.7 Å². The number of fused-ring (bicyclic) bond motifs is 1. The first-order chi connectivity index (χ1) is 16.2. The van der Waals surface area contributed by atoms with E-state index in [1.165, 1.54) is 0 Å². The molecule has 6 heteroatoms. The van der Waals surface area contributed by atoms with Gasteiger partial charge in [-0.3, -0.25) is 4.79 Å². The molecule has 0 saturated heterocycles. The number of rotatable bonds is 12. The summed E-state index contributed by atoms with van der Waals surface area (Å²) in [6.45, 7) is 6.42. The number of amides is 1. The van der Waals surface area contributed by atoms with Crippen molar-refractivity contribution in [3.8, 4) is 6.07 Å². The Hall–Kier alpha value is -3.46. The van der Waals surface area contributed by atoms with E-state index >= 15 is 0 Å². The molecule has 172 valence electrons. The number of para-hydroxylation sites is 2. The molecule has 1 atom stereocenters. The molecule has 0 fully saturated rings. The molecule has 0 aliphatic carbocycles. The minimum Gasteiger partial charge on any atom is -0.355 e. The molecule has 3 rings (SSSR count). The molecule has 0 aliphatic rings. The third-order valence-corrected chi connectivity index (χ3v) is 5.66. The number of benzene rings is 2. The Labute approximate surface area is 196 Å². The third-order valence-electron chi connectivity index (χ3n) is 5.66. The highest BCUT2D eigenvalue weighted by atomic mass is 16.1. The van der Waals surface area contributed by atoms with Crippen LogP contribution in [0.2, 0.25) is 0 Å². The Morgan fingerprint density at radius 3 is 2.18 bits per heavy atom. The fraction of sp³-hybridized carbons (Fsp3) is 0.407. The van der Waals surface area contributed by atoms with E-state index in [0.29, 0.717) is 30.0 Å². The second kappa shape index (κ2) is 12.5. The Bertz CT molecular complexity index is 1070. The van der Waals surface area contributed by atoms with Gasteiger partial charge in [-0.1, -0.05) is 69.2 Å². The van der Waals surface area contributed by atoms with Crippen LogP contribution in [0.4, 0.5) is 5.82 Å². The molecule has 3 aromatic rings. The average molecular weight is 444 g/mol. The first-order valence-electron chi connectivity index (χ1n) is 11.9. The van der Waals surface area contributed by atoms with Gasteiger partial charge in [0.05, 0.1) is 17.1 Å². The van der Waals surface area contributed by atoms with Crippen LogP contribution >= 0.6 is 0 Å². The van der Waals surface area contributed by atoms with Gasteiger partial charge < -0.3 is 10.2 Å². The lowest BCUT2D eigenvalue weighted by atomic mass is 10.0. The summed E-state index contributed by atoms with van der Waals surface area (Å²) in [5, 5.41) is 12.9. The predicted molar refractivity (Wildman–Crippen MR) is 133 cm³/mol. The molecule has 1 aromatic heterocycles. The van der Waals surface area contributed by atoms with Crippen molar-refractivity contribution in [2.45, 2.75) is 51.9 Å². The molecule has 6 nitrogen and oxygen atoms in total. The fourth-order valence-corrected chi connectivity index (χ4v) is 3.77. The zero-order valence-electron chi connectivity index (χ0n) is 19.6. The molecule has 33 heavy (non-hydrogen) atoms. The normalized spacial score (nSPS) is 11.7. The van der Waals surface area contributed by atoms with Crippen LogP contribution < -0.4 is 10.2 Å². The summed E-state index contributed by atoms with van der Waals surface area (Å²) in [6, 6.07) is 19.8. The monoisotopic (exact) mass is 443 g/mol. The van der Waals surface area contributed by atoms with Crippen molar-refractivity contribution in [2.24, 2.45) is 0 Å². The van der Waals surface area contributed by atoms with E-state index in [0.717, 1.165) is 49.9 Å². The molecule has 0 saturated carbocycles. The maximum absolute atomic E-state index is 13.1. The number of carbonyl (C=O) groups is 1. The van der Waals surface area contributed by atoms with Crippen molar-refractivity contribution in [1.29, 1.82) is 5.26 Å². The maximum atomic E-state index is 13.1. The summed E-state index contributed by atoms with van der Waals surface area (Å²) in [7, 11) is 0. The molecule has 0 aliphatic heterocycles. The summed E-state index contributed by atoms with van der Waals surface area (Å²) < 4.78 is 0. The Morgan fingerprint density at radius 2 is 1.58 bits per heavy atom. The van der Waals surface area contributed by atoms with E-state index in [2.05, 4.69) is 30.1 Å². The van der Waals surface area contributed by atoms with Crippen molar-refractivity contribution in [3.63, 3.8) is 0 Å². The molecule has 0 radical (unpaired) electrons. The number of hydrogen-bond donors (Lipinski definition) is 1. The predicted octanol–water partition coefficient (Wildman–Crippen LogP) is 5.00. The molecule has 0 spiro atoms. The standard InChI is InChI=1S/C27H33N5O/c1-3-5-18-32(19-6-4-2)26-25(30-23-14-10-11-15-24(23)31-26)22(20-28)27(33)29-17-16-21-12-8-7-9-13-21/h7-15,22H,3-6,16-19H2,1-2H3,(H,29,33). The Balaban J connectivity index is 1.90. The minimum absolute atomic E-state index is 0.329. The number of anilines is 1. The SMILES string of the molecule is CCCCN(CCCC)c1nc2ccccc2nc1C(C#N)C(=O)NCCc1ccccc1. The first-order valence-corrected chi connectivity index (χ1v) is 11.9. The van der Waals surface area contributed by atoms with Crippen LogP contribution in [0.1, 0.15) is 56.7 Å². The van der Waals surface area contributed by atoms with Crippen LogP contribution in [0.3, 0.4) is 0 Å². The summed E-state index contributed by atoms with van der Waals surface area (Å²) in [6.07, 6.45) is 4.84. The van der Waals surface area contributed by atoms with Gasteiger partial charge in [-0.15, -0.1) is 0 Å². The van der Waals surface area contributed by atoms with E-state index < -0.39 is 5.92 Å². The average Bonchev–Trinajstić information content (AvgIpc) is 2.85. The van der Waals surface area contributed by atoms with E-state index in [1.807, 2.05) is 54.6 Å². The number of aromatic nitrogens is 2. The largest absolute Gasteiger partial charge is 0.355 e. The lowest BCUT2D eigenvalue weighted by molar-refractivity contribution is -0.121. The van der Waals surface area contributed by atoms with E-state index in [9.17, 15) is 10.1 Å². The number of hydrogen-bond acceptors (Lipinski definition) is 5. The van der Waals surface area contributed by atoms with Crippen LogP contribution in [-0.4, -0.2) is 35.5 Å². The van der Waals surface area contributed by atoms with Crippen LogP contribution in [0.15, 0.2) is 54.6 Å². The van der Waals surface area contributed by atoms with E-state index in [1.54, 1.807) is 0 Å². The summed E-state index contributed by atoms with van der Waals surface area (Å²) in [4.78, 5) is 25.0. The van der Waals surface area contributed by atoms with Gasteiger partial charge in [0, 0.05) is 19.6 Å². The van der Waals surface area contributed by atoms with E-state index in [-0.39, 0.29) is 5.91 Å². The highest BCUT2D eigenvalue weighted by Crippen LogP contribution is 2.28. The molecule has 1 unspecified atom stereocenters. The molecule has 2 aromatic carbocycles. The first kappa shape index (κ1) is 24.2. The third kappa shape index (κ3) is 6.52. The van der Waals surface area contributed by atoms with Crippen LogP contribution in [-0.2, 0) is 11.2 Å². The van der Waals surface area contributed by atoms with Crippen molar-refractivity contribution in [1.82, 2.24) is 15.3 Å². The van der Waals surface area contributed by atoms with Crippen LogP contribution in [0.5, 0.6) is 0 Å². The quantitative estimate of drug-likeness (QED) is 0.426. The zero-order valence-corrected chi connectivity index (χ0v) is 19.6. The van der Waals surface area contributed by atoms with Crippen LogP contribution in [0, 0.1) is 11.3 Å². The molecule has 1 amide bonds. The molecule has 0 bridgehead atoms. The van der Waals surface area contributed by atoms with Gasteiger partial charge in [0.2, 0.25) is 5.91 Å². The highest BCUT2D eigenvalue weighted by molar-refractivity contribution is 5.88. The lowest BCUT2D eigenvalue weighted by Crippen LogP contribution is -2.34. The second-order valence-electron chi connectivity index (χ2n) is 8.20. The highest BCUT2D eigenvalue weighted by Gasteiger charge is 2.28. The number of unbranched alkanes of at least 4 members (excludes halogenated alkanes) is 2. The van der Waals surface area contributed by atoms with Crippen molar-refractivity contribution in [3.05, 3.63) is 65.9 Å². The number of nitrogens with zero attached hydrogens (tertiary/aromatic N) is 4. The topological polar surface area (TPSA) is 81.9 Å². The van der Waals surface area contributed by atoms with Gasteiger partial charge in [-0.25, -0.2) is 9.97 Å². The number of nitrogens with one attached hydrogen (secondary N) is 1. The second-order valence-corrected chi connectivity index (χ2v) is 8.20. The van der Waals surface area contributed by atoms with Gasteiger partial charge in [-0.05, 0) is 37.0 Å². The zero-order chi connectivity index (χ0) is 23.5. The lowest BCUT2D eigenvalue weighted by Gasteiger charge is -2.26. The van der Waals surface area contributed by atoms with Gasteiger partial charge >= 0.3 is 0 Å². The molecule has 1 heterocycles. The molecular formula is C27H33N5O. The fourth-order valence-electron chi connectivity index (χ4n) is 3.77. The molecular weight excluding hydrogens is 410 g/mol. The Morgan fingerprint density at radius 1 is 0.970 bits per heavy atom. The smallest absolute Gasteiger partial charge is 0.243 e. The van der Waals surface area contributed by atoms with Crippen molar-refractivity contribution >= 4 is 22.8 Å². The number of nitriles is 1. The molecule has 1 N–H and O–H groups in total. The summed E-state index contributed by atoms with van der Waals surface area (Å²) in [5.74, 6) is -0.691. The minimum atomic E-state index is -1.02. The van der Waals surface area contributed by atoms with Gasteiger partial charge in [0.25, 0.3) is 0 Å². The Kier molecular flexibility index (Phi) is 9.19. The van der Waals surface area contributed by atoms with Crippen molar-refractivity contribution < 1.29 is 4.79 Å². The van der Waals surface area contributed by atoms with Gasteiger partial charge in [0.1, 0.15) is 5.69 Å². The van der Waals surface area contributed by atoms with Crippen LogP contribution in [0.25, 0.3) is 11.0 Å². The maximum Gasteiger partial charge on any atom is 0.243 e. The summed E-state index contributed by atoms with van der Waals surface area (Å²) in [5.41, 5.74) is 3.05. The number of carbonyl (C=O) groups excluding carboxylic acids is 1. The van der Waals surface area contributed by atoms with Crippen molar-refractivity contribution in [2.75, 3.05) is 24.5 Å².